The number of hydrogen-bond donors (Lipinski definition) is 3. The van der Waals surface area contributed by atoms with Crippen LogP contribution in [0.4, 0.5) is 16.3 Å². The minimum absolute atomic E-state index is 0.0456. The fraction of sp³-hybridized carbons (Fsp3) is 0.321. The number of aryl methyl sites for hydroxylation is 2. The second kappa shape index (κ2) is 12.9. The van der Waals surface area contributed by atoms with Crippen LogP contribution in [0.3, 0.4) is 0 Å². The van der Waals surface area contributed by atoms with Gasteiger partial charge in [0.15, 0.2) is 5.82 Å². The predicted octanol–water partition coefficient (Wildman–Crippen LogP) is 2.79. The fourth-order valence-electron chi connectivity index (χ4n) is 4.05. The molecule has 0 bridgehead atoms. The molecule has 3 amide bonds. The molecule has 3 aromatic rings. The Morgan fingerprint density at radius 3 is 2.57 bits per heavy atom. The van der Waals surface area contributed by atoms with E-state index in [1.165, 1.54) is 23.1 Å². The number of esters is 1. The SMILES string of the molecule is CCCNC(=O)c1ccc(C)c(N(C(=O)OCOC(=O)/C=C/C(=O)O)c2ncnn3cc(C(=O)NC4CC4)c(C)c23)c1. The Morgan fingerprint density at radius 1 is 1.12 bits per heavy atom. The molecule has 0 saturated heterocycles. The first-order valence-corrected chi connectivity index (χ1v) is 13.2. The van der Waals surface area contributed by atoms with Crippen molar-refractivity contribution in [3.8, 4) is 0 Å². The molecule has 0 unspecified atom stereocenters. The van der Waals surface area contributed by atoms with Crippen LogP contribution < -0.4 is 15.5 Å². The van der Waals surface area contributed by atoms with Crippen molar-refractivity contribution < 1.29 is 38.6 Å². The number of carboxylic acid groups (broad SMARTS) is 1. The zero-order valence-electron chi connectivity index (χ0n) is 23.2. The third-order valence-corrected chi connectivity index (χ3v) is 6.35. The summed E-state index contributed by atoms with van der Waals surface area (Å²) in [6, 6.07) is 4.89. The number of aromatic nitrogens is 3. The molecule has 220 valence electrons. The molecule has 0 spiro atoms. The molecule has 1 saturated carbocycles. The minimum Gasteiger partial charge on any atom is -0.478 e. The van der Waals surface area contributed by atoms with E-state index in [2.05, 4.69) is 20.7 Å². The maximum absolute atomic E-state index is 13.6. The van der Waals surface area contributed by atoms with E-state index in [-0.39, 0.29) is 34.9 Å². The van der Waals surface area contributed by atoms with Gasteiger partial charge in [0, 0.05) is 36.5 Å². The van der Waals surface area contributed by atoms with Crippen LogP contribution >= 0.6 is 0 Å². The van der Waals surface area contributed by atoms with Gasteiger partial charge < -0.3 is 25.2 Å². The van der Waals surface area contributed by atoms with Crippen molar-refractivity contribution in [1.29, 1.82) is 0 Å². The number of hydrogen-bond acceptors (Lipinski definition) is 9. The Hall–Kier alpha value is -5.27. The topological polar surface area (TPSA) is 182 Å². The van der Waals surface area contributed by atoms with Gasteiger partial charge in [-0.3, -0.25) is 9.59 Å². The summed E-state index contributed by atoms with van der Waals surface area (Å²) in [6.07, 6.45) is 5.50. The molecule has 14 heteroatoms. The summed E-state index contributed by atoms with van der Waals surface area (Å²) in [5, 5.41) is 18.6. The quantitative estimate of drug-likeness (QED) is 0.174. The minimum atomic E-state index is -1.35. The van der Waals surface area contributed by atoms with E-state index in [0.29, 0.717) is 40.9 Å². The lowest BCUT2D eigenvalue weighted by atomic mass is 10.1. The van der Waals surface area contributed by atoms with Crippen molar-refractivity contribution in [3.63, 3.8) is 0 Å². The molecule has 4 rings (SSSR count). The molecular formula is C28H30N6O8. The zero-order valence-corrected chi connectivity index (χ0v) is 23.2. The Labute approximate surface area is 240 Å². The highest BCUT2D eigenvalue weighted by Crippen LogP contribution is 2.34. The molecule has 2 heterocycles. The molecule has 0 radical (unpaired) electrons. The lowest BCUT2D eigenvalue weighted by molar-refractivity contribution is -0.146. The summed E-state index contributed by atoms with van der Waals surface area (Å²) < 4.78 is 11.4. The molecular weight excluding hydrogens is 548 g/mol. The van der Waals surface area contributed by atoms with Crippen LogP contribution in [0.1, 0.15) is 58.0 Å². The van der Waals surface area contributed by atoms with Crippen LogP contribution in [-0.2, 0) is 19.1 Å². The Morgan fingerprint density at radius 2 is 1.88 bits per heavy atom. The maximum Gasteiger partial charge on any atom is 0.423 e. The van der Waals surface area contributed by atoms with Gasteiger partial charge in [0.05, 0.1) is 11.3 Å². The zero-order chi connectivity index (χ0) is 30.4. The molecule has 0 aliphatic heterocycles. The number of nitrogens with zero attached hydrogens (tertiary/aromatic N) is 4. The van der Waals surface area contributed by atoms with Gasteiger partial charge in [-0.2, -0.15) is 5.10 Å². The number of anilines is 2. The molecule has 14 nitrogen and oxygen atoms in total. The second-order valence-corrected chi connectivity index (χ2v) is 9.55. The van der Waals surface area contributed by atoms with Crippen molar-refractivity contribution in [2.24, 2.45) is 0 Å². The Bertz CT molecular complexity index is 1580. The first kappa shape index (κ1) is 29.7. The van der Waals surface area contributed by atoms with Crippen molar-refractivity contribution in [3.05, 3.63) is 65.1 Å². The Balaban J connectivity index is 1.75. The van der Waals surface area contributed by atoms with E-state index < -0.39 is 24.8 Å². The first-order chi connectivity index (χ1) is 20.1. The van der Waals surface area contributed by atoms with Crippen LogP contribution in [0.5, 0.6) is 0 Å². The number of carboxylic acids is 1. The van der Waals surface area contributed by atoms with Crippen LogP contribution in [0.25, 0.3) is 5.52 Å². The highest BCUT2D eigenvalue weighted by Gasteiger charge is 2.30. The number of ether oxygens (including phenoxy) is 2. The summed E-state index contributed by atoms with van der Waals surface area (Å²) >= 11 is 0. The first-order valence-electron chi connectivity index (χ1n) is 13.2. The Kier molecular flexibility index (Phi) is 9.15. The molecule has 0 atom stereocenters. The van der Waals surface area contributed by atoms with Crippen LogP contribution in [-0.4, -0.2) is 68.9 Å². The average Bonchev–Trinajstić information content (AvgIpc) is 3.71. The summed E-state index contributed by atoms with van der Waals surface area (Å²) in [4.78, 5) is 67.1. The van der Waals surface area contributed by atoms with E-state index >= 15 is 0 Å². The normalized spacial score (nSPS) is 12.6. The summed E-state index contributed by atoms with van der Waals surface area (Å²) in [6.45, 7) is 4.95. The number of nitrogens with one attached hydrogen (secondary N) is 2. The predicted molar refractivity (Wildman–Crippen MR) is 148 cm³/mol. The number of benzene rings is 1. The van der Waals surface area contributed by atoms with Gasteiger partial charge in [-0.1, -0.05) is 13.0 Å². The van der Waals surface area contributed by atoms with Gasteiger partial charge >= 0.3 is 18.0 Å². The van der Waals surface area contributed by atoms with Crippen molar-refractivity contribution in [2.75, 3.05) is 18.2 Å². The molecule has 42 heavy (non-hydrogen) atoms. The summed E-state index contributed by atoms with van der Waals surface area (Å²) in [5.41, 5.74) is 2.27. The van der Waals surface area contributed by atoms with Crippen LogP contribution in [0, 0.1) is 13.8 Å². The van der Waals surface area contributed by atoms with Gasteiger partial charge in [-0.25, -0.2) is 28.8 Å². The standard InChI is InChI=1S/C28H30N6O8/c1-4-11-29-26(38)18-6-5-16(2)21(12-18)34(28(40)42-15-41-23(37)10-9-22(35)36)25-24-17(3)20(13-33(24)31-14-30-25)27(39)32-19-7-8-19/h5-6,9-10,12-14,19H,4,7-8,11,15H2,1-3H3,(H,29,38)(H,32,39)(H,35,36)/b10-9+. The lowest BCUT2D eigenvalue weighted by Gasteiger charge is -2.24. The smallest absolute Gasteiger partial charge is 0.423 e. The van der Waals surface area contributed by atoms with E-state index in [1.807, 2.05) is 6.92 Å². The molecule has 1 aliphatic carbocycles. The number of fused-ring (bicyclic) bond motifs is 1. The summed E-state index contributed by atoms with van der Waals surface area (Å²) in [7, 11) is 0. The van der Waals surface area contributed by atoms with Crippen LogP contribution in [0.2, 0.25) is 0 Å². The van der Waals surface area contributed by atoms with E-state index in [0.717, 1.165) is 24.2 Å². The van der Waals surface area contributed by atoms with Crippen molar-refractivity contribution >= 4 is 46.9 Å². The molecule has 1 aromatic carbocycles. The van der Waals surface area contributed by atoms with Gasteiger partial charge in [0.1, 0.15) is 11.8 Å². The van der Waals surface area contributed by atoms with Gasteiger partial charge in [0.25, 0.3) is 11.8 Å². The summed E-state index contributed by atoms with van der Waals surface area (Å²) in [5.74, 6) is -2.98. The average molecular weight is 579 g/mol. The highest BCUT2D eigenvalue weighted by molar-refractivity contribution is 6.05. The van der Waals surface area contributed by atoms with Gasteiger partial charge in [-0.05, 0) is 56.4 Å². The fourth-order valence-corrected chi connectivity index (χ4v) is 4.05. The van der Waals surface area contributed by atoms with Crippen LogP contribution in [0.15, 0.2) is 42.9 Å². The van der Waals surface area contributed by atoms with E-state index in [9.17, 15) is 24.0 Å². The largest absolute Gasteiger partial charge is 0.478 e. The molecule has 1 fully saturated rings. The second-order valence-electron chi connectivity index (χ2n) is 9.55. The third kappa shape index (κ3) is 6.89. The number of rotatable bonds is 11. The van der Waals surface area contributed by atoms with Gasteiger partial charge in [-0.15, -0.1) is 0 Å². The van der Waals surface area contributed by atoms with E-state index in [4.69, 9.17) is 14.6 Å². The highest BCUT2D eigenvalue weighted by atomic mass is 16.7. The number of carbonyl (C=O) groups excluding carboxylic acids is 4. The monoisotopic (exact) mass is 578 g/mol. The number of carbonyl (C=O) groups is 5. The molecule has 1 aliphatic rings. The number of aliphatic carboxylic acids is 1. The van der Waals surface area contributed by atoms with E-state index in [1.54, 1.807) is 26.0 Å². The van der Waals surface area contributed by atoms with Gasteiger partial charge in [0.2, 0.25) is 6.79 Å². The van der Waals surface area contributed by atoms with Crippen molar-refractivity contribution in [1.82, 2.24) is 25.2 Å². The number of amides is 3. The maximum atomic E-state index is 13.6. The van der Waals surface area contributed by atoms with Crippen molar-refractivity contribution in [2.45, 2.75) is 46.1 Å². The molecule has 3 N–H and O–H groups in total. The molecule has 2 aromatic heterocycles. The lowest BCUT2D eigenvalue weighted by Crippen LogP contribution is -2.31. The third-order valence-electron chi connectivity index (χ3n) is 6.35.